The molecule has 1 aromatic rings. The van der Waals surface area contributed by atoms with E-state index in [-0.39, 0.29) is 17.0 Å². The summed E-state index contributed by atoms with van der Waals surface area (Å²) in [5.74, 6) is 1.31. The van der Waals surface area contributed by atoms with Crippen LogP contribution in [0.4, 0.5) is 4.39 Å². The SMILES string of the molecule is C#CCN(CC1CC1)C(=O)c1ccc(S(=O)(=O)Cl)cc1F. The van der Waals surface area contributed by atoms with Crippen LogP contribution >= 0.6 is 10.7 Å². The van der Waals surface area contributed by atoms with Crippen LogP contribution in [0.15, 0.2) is 23.1 Å². The fourth-order valence-corrected chi connectivity index (χ4v) is 2.70. The van der Waals surface area contributed by atoms with E-state index in [1.807, 2.05) is 0 Å². The summed E-state index contributed by atoms with van der Waals surface area (Å²) in [5, 5.41) is 0. The van der Waals surface area contributed by atoms with Crippen molar-refractivity contribution in [2.45, 2.75) is 17.7 Å². The van der Waals surface area contributed by atoms with Gasteiger partial charge in [-0.25, -0.2) is 12.8 Å². The molecule has 0 unspecified atom stereocenters. The summed E-state index contributed by atoms with van der Waals surface area (Å²) in [5.41, 5.74) is -0.213. The largest absolute Gasteiger partial charge is 0.327 e. The molecular weight excluding hydrogens is 317 g/mol. The maximum absolute atomic E-state index is 14.0. The van der Waals surface area contributed by atoms with Gasteiger partial charge in [-0.3, -0.25) is 4.79 Å². The Kier molecular flexibility index (Phi) is 4.55. The minimum Gasteiger partial charge on any atom is -0.327 e. The van der Waals surface area contributed by atoms with E-state index < -0.39 is 20.8 Å². The van der Waals surface area contributed by atoms with Gasteiger partial charge in [-0.2, -0.15) is 0 Å². The number of nitrogens with zero attached hydrogens (tertiary/aromatic N) is 1. The molecular formula is C14H13ClFNO3S. The fourth-order valence-electron chi connectivity index (χ4n) is 1.93. The van der Waals surface area contributed by atoms with E-state index >= 15 is 0 Å². The smallest absolute Gasteiger partial charge is 0.261 e. The molecule has 0 aliphatic heterocycles. The number of hydrogen-bond acceptors (Lipinski definition) is 3. The summed E-state index contributed by atoms with van der Waals surface area (Å²) in [4.78, 5) is 13.3. The van der Waals surface area contributed by atoms with E-state index in [2.05, 4.69) is 5.92 Å². The van der Waals surface area contributed by atoms with Crippen LogP contribution in [0.1, 0.15) is 23.2 Å². The summed E-state index contributed by atoms with van der Waals surface area (Å²) < 4.78 is 36.2. The molecule has 0 spiro atoms. The normalized spacial score (nSPS) is 14.5. The molecule has 7 heteroatoms. The van der Waals surface area contributed by atoms with Crippen LogP contribution < -0.4 is 0 Å². The van der Waals surface area contributed by atoms with Gasteiger partial charge in [0.15, 0.2) is 0 Å². The molecule has 1 aliphatic rings. The lowest BCUT2D eigenvalue weighted by molar-refractivity contribution is 0.0765. The lowest BCUT2D eigenvalue weighted by Gasteiger charge is -2.20. The molecule has 0 N–H and O–H groups in total. The van der Waals surface area contributed by atoms with Crippen molar-refractivity contribution in [3.05, 3.63) is 29.6 Å². The summed E-state index contributed by atoms with van der Waals surface area (Å²) in [6.45, 7) is 0.572. The monoisotopic (exact) mass is 329 g/mol. The molecule has 0 atom stereocenters. The Balaban J connectivity index is 2.27. The summed E-state index contributed by atoms with van der Waals surface area (Å²) in [6, 6.07) is 2.95. The van der Waals surface area contributed by atoms with Crippen molar-refractivity contribution in [1.29, 1.82) is 0 Å². The molecule has 0 bridgehead atoms. The number of hydrogen-bond donors (Lipinski definition) is 0. The van der Waals surface area contributed by atoms with Gasteiger partial charge >= 0.3 is 0 Å². The molecule has 0 saturated heterocycles. The Bertz CT molecular complexity index is 707. The van der Waals surface area contributed by atoms with Crippen LogP contribution in [0.5, 0.6) is 0 Å². The van der Waals surface area contributed by atoms with Crippen LogP contribution in [-0.2, 0) is 9.05 Å². The zero-order chi connectivity index (χ0) is 15.6. The molecule has 1 saturated carbocycles. The van der Waals surface area contributed by atoms with E-state index in [1.54, 1.807) is 0 Å². The van der Waals surface area contributed by atoms with Crippen LogP contribution in [-0.4, -0.2) is 32.3 Å². The number of carbonyl (C=O) groups excluding carboxylic acids is 1. The Morgan fingerprint density at radius 3 is 2.62 bits per heavy atom. The van der Waals surface area contributed by atoms with Gasteiger partial charge in [-0.15, -0.1) is 6.42 Å². The van der Waals surface area contributed by atoms with Crippen molar-refractivity contribution < 1.29 is 17.6 Å². The summed E-state index contributed by atoms with van der Waals surface area (Å²) in [7, 11) is 1.10. The number of halogens is 2. The van der Waals surface area contributed by atoms with Gasteiger partial charge in [0, 0.05) is 17.2 Å². The second-order valence-corrected chi connectivity index (χ2v) is 7.48. The highest BCUT2D eigenvalue weighted by atomic mass is 35.7. The second-order valence-electron chi connectivity index (χ2n) is 4.91. The predicted molar refractivity (Wildman–Crippen MR) is 76.9 cm³/mol. The highest BCUT2D eigenvalue weighted by molar-refractivity contribution is 8.13. The van der Waals surface area contributed by atoms with E-state index in [4.69, 9.17) is 17.1 Å². The second kappa shape index (κ2) is 6.04. The van der Waals surface area contributed by atoms with Crippen LogP contribution in [0.3, 0.4) is 0 Å². The molecule has 2 rings (SSSR count). The first-order chi connectivity index (χ1) is 9.82. The summed E-state index contributed by atoms with van der Waals surface area (Å²) >= 11 is 0. The standard InChI is InChI=1S/C14H13ClFNO3S/c1-2-7-17(9-10-3-4-10)14(18)12-6-5-11(8-13(12)16)21(15,19)20/h1,5-6,8,10H,3-4,7,9H2. The average molecular weight is 330 g/mol. The number of rotatable bonds is 5. The number of terminal acetylenes is 1. The molecule has 1 amide bonds. The van der Waals surface area contributed by atoms with Crippen molar-refractivity contribution in [1.82, 2.24) is 4.90 Å². The Morgan fingerprint density at radius 1 is 1.48 bits per heavy atom. The molecule has 4 nitrogen and oxygen atoms in total. The first-order valence-electron chi connectivity index (χ1n) is 6.30. The number of carbonyl (C=O) groups is 1. The number of benzene rings is 1. The molecule has 0 heterocycles. The maximum Gasteiger partial charge on any atom is 0.261 e. The third-order valence-corrected chi connectivity index (χ3v) is 4.55. The lowest BCUT2D eigenvalue weighted by atomic mass is 10.1. The van der Waals surface area contributed by atoms with E-state index in [9.17, 15) is 17.6 Å². The topological polar surface area (TPSA) is 54.5 Å². The van der Waals surface area contributed by atoms with Gasteiger partial charge in [0.25, 0.3) is 15.0 Å². The van der Waals surface area contributed by atoms with E-state index in [1.165, 1.54) is 4.90 Å². The van der Waals surface area contributed by atoms with Crippen molar-refractivity contribution >= 4 is 25.6 Å². The van der Waals surface area contributed by atoms with Crippen molar-refractivity contribution in [2.24, 2.45) is 5.92 Å². The lowest BCUT2D eigenvalue weighted by Crippen LogP contribution is -2.33. The van der Waals surface area contributed by atoms with Crippen molar-refractivity contribution in [3.8, 4) is 12.3 Å². The molecule has 21 heavy (non-hydrogen) atoms. The quantitative estimate of drug-likeness (QED) is 0.615. The molecule has 1 aliphatic carbocycles. The maximum atomic E-state index is 14.0. The minimum atomic E-state index is -4.03. The molecule has 1 fully saturated rings. The third kappa shape index (κ3) is 3.96. The highest BCUT2D eigenvalue weighted by Crippen LogP contribution is 2.30. The molecule has 1 aromatic carbocycles. The zero-order valence-electron chi connectivity index (χ0n) is 11.1. The van der Waals surface area contributed by atoms with E-state index in [0.29, 0.717) is 12.5 Å². The number of amides is 1. The Hall–Kier alpha value is -1.58. The first kappa shape index (κ1) is 15.8. The highest BCUT2D eigenvalue weighted by Gasteiger charge is 2.28. The van der Waals surface area contributed by atoms with Gasteiger partial charge in [0.1, 0.15) is 5.82 Å². The van der Waals surface area contributed by atoms with E-state index in [0.717, 1.165) is 31.0 Å². The van der Waals surface area contributed by atoms with Crippen LogP contribution in [0.2, 0.25) is 0 Å². The van der Waals surface area contributed by atoms with Crippen molar-refractivity contribution in [3.63, 3.8) is 0 Å². The van der Waals surface area contributed by atoms with Gasteiger partial charge < -0.3 is 4.90 Å². The fraction of sp³-hybridized carbons (Fsp3) is 0.357. The van der Waals surface area contributed by atoms with Gasteiger partial charge in [0.2, 0.25) is 0 Å². The molecule has 112 valence electrons. The Morgan fingerprint density at radius 2 is 2.14 bits per heavy atom. The predicted octanol–water partition coefficient (Wildman–Crippen LogP) is 2.24. The van der Waals surface area contributed by atoms with Crippen LogP contribution in [0, 0.1) is 24.1 Å². The van der Waals surface area contributed by atoms with Gasteiger partial charge in [-0.05, 0) is 37.0 Å². The molecule has 0 aromatic heterocycles. The van der Waals surface area contributed by atoms with Gasteiger partial charge in [0.05, 0.1) is 17.0 Å². The van der Waals surface area contributed by atoms with Gasteiger partial charge in [-0.1, -0.05) is 5.92 Å². The molecule has 0 radical (unpaired) electrons. The first-order valence-corrected chi connectivity index (χ1v) is 8.61. The third-order valence-electron chi connectivity index (χ3n) is 3.20. The zero-order valence-corrected chi connectivity index (χ0v) is 12.6. The van der Waals surface area contributed by atoms with Crippen LogP contribution in [0.25, 0.3) is 0 Å². The van der Waals surface area contributed by atoms with Crippen molar-refractivity contribution in [2.75, 3.05) is 13.1 Å². The summed E-state index contributed by atoms with van der Waals surface area (Å²) in [6.07, 6.45) is 7.28. The Labute approximate surface area is 127 Å². The minimum absolute atomic E-state index is 0.0876. The average Bonchev–Trinajstić information content (AvgIpc) is 3.20.